The zero-order valence-electron chi connectivity index (χ0n) is 18.3. The van der Waals surface area contributed by atoms with Crippen LogP contribution >= 0.6 is 11.6 Å². The molecule has 1 atom stereocenters. The van der Waals surface area contributed by atoms with E-state index in [1.54, 1.807) is 0 Å². The minimum atomic E-state index is -0.518. The number of anilines is 1. The topological polar surface area (TPSA) is 38.3 Å². The quantitative estimate of drug-likeness (QED) is 0.435. The molecule has 3 nitrogen and oxygen atoms in total. The van der Waals surface area contributed by atoms with Crippen LogP contribution in [0.3, 0.4) is 0 Å². The minimum Gasteiger partial charge on any atom is -0.490 e. The van der Waals surface area contributed by atoms with Crippen LogP contribution in [0.15, 0.2) is 60.7 Å². The van der Waals surface area contributed by atoms with Gasteiger partial charge in [0, 0.05) is 21.5 Å². The predicted molar refractivity (Wildman–Crippen MR) is 129 cm³/mol. The Balaban J connectivity index is 1.69. The highest BCUT2D eigenvalue weighted by Gasteiger charge is 2.41. The fourth-order valence-corrected chi connectivity index (χ4v) is 4.72. The molecule has 0 aliphatic heterocycles. The van der Waals surface area contributed by atoms with Crippen molar-refractivity contribution < 1.29 is 9.53 Å². The molecular formula is C27H30ClNO2. The van der Waals surface area contributed by atoms with E-state index < -0.39 is 5.41 Å². The van der Waals surface area contributed by atoms with Crippen LogP contribution in [0, 0.1) is 0 Å². The van der Waals surface area contributed by atoms with Gasteiger partial charge in [-0.25, -0.2) is 0 Å². The molecule has 1 N–H and O–H groups in total. The number of ether oxygens (including phenoxy) is 1. The number of fused-ring (bicyclic) bond motifs is 1. The number of carbonyl (C=O) groups excluding carboxylic acids is 1. The van der Waals surface area contributed by atoms with Gasteiger partial charge in [-0.05, 0) is 56.0 Å². The molecule has 3 aromatic rings. The first-order valence-corrected chi connectivity index (χ1v) is 11.7. The number of carbonyl (C=O) groups is 1. The van der Waals surface area contributed by atoms with Crippen molar-refractivity contribution in [2.45, 2.75) is 63.9 Å². The van der Waals surface area contributed by atoms with Gasteiger partial charge in [0.05, 0.1) is 11.5 Å². The molecule has 162 valence electrons. The fraction of sp³-hybridized carbons (Fsp3) is 0.370. The standard InChI is InChI=1S/C27H30ClNO2/c1-3-19(2)31-25-16-15-24(22-9-5-6-10-23(22)25)29-26(30)27(17-7-4-8-18-27)20-11-13-21(28)14-12-20/h5-6,9-16,19H,3-4,7-8,17-18H2,1-2H3,(H,29,30)/t19-/m1/s1. The Bertz CT molecular complexity index is 1050. The summed E-state index contributed by atoms with van der Waals surface area (Å²) in [6.45, 7) is 4.19. The van der Waals surface area contributed by atoms with E-state index in [4.69, 9.17) is 16.3 Å². The molecule has 0 spiro atoms. The van der Waals surface area contributed by atoms with Crippen molar-refractivity contribution in [1.82, 2.24) is 0 Å². The van der Waals surface area contributed by atoms with E-state index in [9.17, 15) is 4.79 Å². The van der Waals surface area contributed by atoms with E-state index in [1.165, 1.54) is 6.42 Å². The van der Waals surface area contributed by atoms with Crippen molar-refractivity contribution in [2.75, 3.05) is 5.32 Å². The highest BCUT2D eigenvalue weighted by Crippen LogP contribution is 2.42. The molecule has 1 aliphatic rings. The summed E-state index contributed by atoms with van der Waals surface area (Å²) in [7, 11) is 0. The second kappa shape index (κ2) is 9.32. The zero-order chi connectivity index (χ0) is 21.8. The van der Waals surface area contributed by atoms with Crippen molar-refractivity contribution in [1.29, 1.82) is 0 Å². The molecule has 31 heavy (non-hydrogen) atoms. The van der Waals surface area contributed by atoms with E-state index in [0.29, 0.717) is 5.02 Å². The summed E-state index contributed by atoms with van der Waals surface area (Å²) in [5, 5.41) is 5.99. The minimum absolute atomic E-state index is 0.0651. The van der Waals surface area contributed by atoms with Crippen molar-refractivity contribution in [3.8, 4) is 5.75 Å². The number of amides is 1. The predicted octanol–water partition coefficient (Wildman–Crippen LogP) is 7.51. The summed E-state index contributed by atoms with van der Waals surface area (Å²) in [5.74, 6) is 0.920. The third kappa shape index (κ3) is 4.43. The molecule has 0 saturated heterocycles. The summed E-state index contributed by atoms with van der Waals surface area (Å²) >= 11 is 6.12. The maximum Gasteiger partial charge on any atom is 0.235 e. The molecular weight excluding hydrogens is 406 g/mol. The number of hydrogen-bond donors (Lipinski definition) is 1. The van der Waals surface area contributed by atoms with Gasteiger partial charge in [-0.3, -0.25) is 4.79 Å². The number of benzene rings is 3. The first-order valence-electron chi connectivity index (χ1n) is 11.3. The number of nitrogens with one attached hydrogen (secondary N) is 1. The van der Waals surface area contributed by atoms with Crippen LogP contribution in [0.2, 0.25) is 5.02 Å². The van der Waals surface area contributed by atoms with Crippen LogP contribution in [0.5, 0.6) is 5.75 Å². The second-order valence-corrected chi connectivity index (χ2v) is 9.03. The lowest BCUT2D eigenvalue weighted by molar-refractivity contribution is -0.122. The van der Waals surface area contributed by atoms with Crippen LogP contribution in [0.4, 0.5) is 5.69 Å². The van der Waals surface area contributed by atoms with Gasteiger partial charge in [-0.15, -0.1) is 0 Å². The average molecular weight is 436 g/mol. The van der Waals surface area contributed by atoms with Crippen LogP contribution in [-0.2, 0) is 10.2 Å². The Labute approximate surface area is 189 Å². The lowest BCUT2D eigenvalue weighted by Crippen LogP contribution is -2.42. The SMILES string of the molecule is CC[C@@H](C)Oc1ccc(NC(=O)C2(c3ccc(Cl)cc3)CCCCC2)c2ccccc12. The summed E-state index contributed by atoms with van der Waals surface area (Å²) < 4.78 is 6.13. The summed E-state index contributed by atoms with van der Waals surface area (Å²) in [6.07, 6.45) is 6.07. The van der Waals surface area contributed by atoms with Crippen LogP contribution in [-0.4, -0.2) is 12.0 Å². The Kier molecular flexibility index (Phi) is 6.52. The van der Waals surface area contributed by atoms with Crippen molar-refractivity contribution in [2.24, 2.45) is 0 Å². The second-order valence-electron chi connectivity index (χ2n) is 8.60. The molecule has 4 heteroatoms. The van der Waals surface area contributed by atoms with Crippen molar-refractivity contribution in [3.05, 3.63) is 71.2 Å². The Morgan fingerprint density at radius 1 is 1.00 bits per heavy atom. The van der Waals surface area contributed by atoms with Gasteiger partial charge in [0.25, 0.3) is 0 Å². The van der Waals surface area contributed by atoms with Crippen molar-refractivity contribution in [3.63, 3.8) is 0 Å². The van der Waals surface area contributed by atoms with Crippen molar-refractivity contribution >= 4 is 34.0 Å². The molecule has 0 unspecified atom stereocenters. The molecule has 0 radical (unpaired) electrons. The summed E-state index contributed by atoms with van der Waals surface area (Å²) in [4.78, 5) is 13.8. The Morgan fingerprint density at radius 2 is 1.68 bits per heavy atom. The third-order valence-electron chi connectivity index (χ3n) is 6.57. The maximum absolute atomic E-state index is 13.8. The fourth-order valence-electron chi connectivity index (χ4n) is 4.60. The first kappa shape index (κ1) is 21.7. The monoisotopic (exact) mass is 435 g/mol. The molecule has 1 fully saturated rings. The Hall–Kier alpha value is -2.52. The van der Waals surface area contributed by atoms with Crippen LogP contribution in [0.1, 0.15) is 57.9 Å². The van der Waals surface area contributed by atoms with Gasteiger partial charge in [-0.1, -0.05) is 74.2 Å². The van der Waals surface area contributed by atoms with E-state index in [0.717, 1.165) is 59.9 Å². The van der Waals surface area contributed by atoms with Gasteiger partial charge in [0.1, 0.15) is 5.75 Å². The first-order chi connectivity index (χ1) is 15.0. The molecule has 0 aromatic heterocycles. The molecule has 1 amide bonds. The van der Waals surface area contributed by atoms with Gasteiger partial charge in [0.15, 0.2) is 0 Å². The van der Waals surface area contributed by atoms with E-state index in [-0.39, 0.29) is 12.0 Å². The molecule has 1 saturated carbocycles. The highest BCUT2D eigenvalue weighted by molar-refractivity contribution is 6.30. The van der Waals surface area contributed by atoms with Gasteiger partial charge < -0.3 is 10.1 Å². The lowest BCUT2D eigenvalue weighted by atomic mass is 9.68. The summed E-state index contributed by atoms with van der Waals surface area (Å²) in [5.41, 5.74) is 1.36. The van der Waals surface area contributed by atoms with E-state index in [2.05, 4.69) is 25.2 Å². The number of hydrogen-bond acceptors (Lipinski definition) is 2. The summed E-state index contributed by atoms with van der Waals surface area (Å²) in [6, 6.07) is 19.8. The smallest absolute Gasteiger partial charge is 0.235 e. The van der Waals surface area contributed by atoms with Gasteiger partial charge in [-0.2, -0.15) is 0 Å². The van der Waals surface area contributed by atoms with Crippen LogP contribution in [0.25, 0.3) is 10.8 Å². The number of rotatable bonds is 6. The molecule has 0 bridgehead atoms. The van der Waals surface area contributed by atoms with Gasteiger partial charge in [0.2, 0.25) is 5.91 Å². The number of halogens is 1. The largest absolute Gasteiger partial charge is 0.490 e. The third-order valence-corrected chi connectivity index (χ3v) is 6.83. The van der Waals surface area contributed by atoms with E-state index in [1.807, 2.05) is 54.6 Å². The van der Waals surface area contributed by atoms with E-state index >= 15 is 0 Å². The normalized spacial score (nSPS) is 16.6. The van der Waals surface area contributed by atoms with Crippen LogP contribution < -0.4 is 10.1 Å². The van der Waals surface area contributed by atoms with Gasteiger partial charge >= 0.3 is 0 Å². The molecule has 0 heterocycles. The molecule has 4 rings (SSSR count). The highest BCUT2D eigenvalue weighted by atomic mass is 35.5. The average Bonchev–Trinajstić information content (AvgIpc) is 2.81. The lowest BCUT2D eigenvalue weighted by Gasteiger charge is -2.36. The molecule has 1 aliphatic carbocycles. The maximum atomic E-state index is 13.8. The zero-order valence-corrected chi connectivity index (χ0v) is 19.0. The Morgan fingerprint density at radius 3 is 2.35 bits per heavy atom. The molecule has 3 aromatic carbocycles.